The Morgan fingerprint density at radius 1 is 0.870 bits per heavy atom. The first-order chi connectivity index (χ1) is 8.71. The van der Waals surface area contributed by atoms with E-state index in [1.807, 2.05) is 0 Å². The van der Waals surface area contributed by atoms with Crippen molar-refractivity contribution in [2.24, 2.45) is 0 Å². The first-order valence-corrected chi connectivity index (χ1v) is 6.02. The summed E-state index contributed by atoms with van der Waals surface area (Å²) in [6.07, 6.45) is 0. The SMILES string of the molecule is C.CC(F)(F)C(F)(F)C(F)(OC(F)(F)S(=O)(=O)O)C(C)(F)F.F.[2HH]. The van der Waals surface area contributed by atoms with Crippen LogP contribution in [0.4, 0.5) is 44.2 Å². The predicted octanol–water partition coefficient (Wildman–Crippen LogP) is 4.09. The van der Waals surface area contributed by atoms with Crippen molar-refractivity contribution in [3.05, 3.63) is 0 Å². The van der Waals surface area contributed by atoms with Crippen molar-refractivity contribution in [1.82, 2.24) is 0 Å². The number of halogens is 10. The van der Waals surface area contributed by atoms with Crippen LogP contribution in [0.5, 0.6) is 0 Å². The second-order valence-corrected chi connectivity index (χ2v) is 5.41. The van der Waals surface area contributed by atoms with Crippen molar-refractivity contribution in [2.45, 2.75) is 50.3 Å². The summed E-state index contributed by atoms with van der Waals surface area (Å²) in [4.78, 5) is 0. The van der Waals surface area contributed by atoms with Crippen LogP contribution in [0.1, 0.15) is 22.7 Å². The maximum atomic E-state index is 13.5. The summed E-state index contributed by atoms with van der Waals surface area (Å²) in [6.45, 7) is -1.62. The minimum absolute atomic E-state index is 0. The van der Waals surface area contributed by atoms with Gasteiger partial charge in [-0.3, -0.25) is 14.0 Å². The van der Waals surface area contributed by atoms with E-state index in [2.05, 4.69) is 4.74 Å². The van der Waals surface area contributed by atoms with Gasteiger partial charge in [0, 0.05) is 15.3 Å². The van der Waals surface area contributed by atoms with Gasteiger partial charge in [0.15, 0.2) is 0 Å². The zero-order chi connectivity index (χ0) is 17.7. The average molecular weight is 397 g/mol. The van der Waals surface area contributed by atoms with Gasteiger partial charge in [0.1, 0.15) is 0 Å². The molecule has 0 spiro atoms. The predicted molar refractivity (Wildman–Crippen MR) is 59.0 cm³/mol. The normalized spacial score (nSPS) is 16.9. The number of ether oxygens (including phenoxy) is 1. The molecule has 0 fully saturated rings. The van der Waals surface area contributed by atoms with Crippen LogP contribution >= 0.6 is 0 Å². The lowest BCUT2D eigenvalue weighted by atomic mass is 9.99. The molecule has 0 amide bonds. The van der Waals surface area contributed by atoms with Crippen LogP contribution in [0, 0.1) is 0 Å². The van der Waals surface area contributed by atoms with Gasteiger partial charge in [-0.15, -0.1) is 0 Å². The van der Waals surface area contributed by atoms with Crippen LogP contribution in [-0.4, -0.2) is 42.0 Å². The largest absolute Gasteiger partial charge is 0.490 e. The van der Waals surface area contributed by atoms with Gasteiger partial charge in [-0.1, -0.05) is 7.43 Å². The Kier molecular flexibility index (Phi) is 7.74. The second-order valence-electron chi connectivity index (χ2n) is 3.99. The van der Waals surface area contributed by atoms with E-state index in [-0.39, 0.29) is 13.6 Å². The fourth-order valence-electron chi connectivity index (χ4n) is 0.928. The molecule has 23 heavy (non-hydrogen) atoms. The highest BCUT2D eigenvalue weighted by Gasteiger charge is 2.80. The number of alkyl halides is 9. The Hall–Kier alpha value is -0.830. The third kappa shape index (κ3) is 4.59. The van der Waals surface area contributed by atoms with Gasteiger partial charge >= 0.3 is 39.2 Å². The fourth-order valence-corrected chi connectivity index (χ4v) is 1.15. The van der Waals surface area contributed by atoms with Gasteiger partial charge in [-0.05, 0) is 0 Å². The van der Waals surface area contributed by atoms with Crippen LogP contribution < -0.4 is 0 Å². The molecule has 0 aliphatic heterocycles. The van der Waals surface area contributed by atoms with Gasteiger partial charge in [0.2, 0.25) is 0 Å². The quantitative estimate of drug-likeness (QED) is 0.542. The lowest BCUT2D eigenvalue weighted by molar-refractivity contribution is -0.438. The lowest BCUT2D eigenvalue weighted by Gasteiger charge is -2.40. The summed E-state index contributed by atoms with van der Waals surface area (Å²) in [6, 6.07) is 0. The molecule has 0 heterocycles. The first kappa shape index (κ1) is 27.0. The maximum absolute atomic E-state index is 13.5. The number of rotatable bonds is 6. The fraction of sp³-hybridized carbons (Fsp3) is 1.00. The summed E-state index contributed by atoms with van der Waals surface area (Å²) in [7, 11) is -6.81. The monoisotopic (exact) mass is 397 g/mol. The molecule has 0 radical (unpaired) electrons. The van der Waals surface area contributed by atoms with Gasteiger partial charge in [-0.2, -0.15) is 39.2 Å². The highest BCUT2D eigenvalue weighted by molar-refractivity contribution is 7.86. The molecular weight excluding hydrogens is 382 g/mol. The molecule has 0 aliphatic carbocycles. The van der Waals surface area contributed by atoms with Gasteiger partial charge in [-0.25, -0.2) is 8.78 Å². The van der Waals surface area contributed by atoms with Crippen LogP contribution in [-0.2, 0) is 14.9 Å². The van der Waals surface area contributed by atoms with Crippen LogP contribution in [0.2, 0.25) is 0 Å². The van der Waals surface area contributed by atoms with Crippen molar-refractivity contribution in [3.8, 4) is 0 Å². The Morgan fingerprint density at radius 2 is 1.17 bits per heavy atom. The summed E-state index contributed by atoms with van der Waals surface area (Å²) in [5, 5.41) is 0. The van der Waals surface area contributed by atoms with E-state index in [9.17, 15) is 47.9 Å². The van der Waals surface area contributed by atoms with Gasteiger partial charge in [0.05, 0.1) is 0 Å². The van der Waals surface area contributed by atoms with E-state index in [1.165, 1.54) is 0 Å². The van der Waals surface area contributed by atoms with Crippen molar-refractivity contribution in [2.75, 3.05) is 0 Å². The minimum Gasteiger partial charge on any atom is -0.279 e. The molecular formula is C8H14F10O4S. The molecule has 146 valence electrons. The van der Waals surface area contributed by atoms with E-state index in [4.69, 9.17) is 4.55 Å². The van der Waals surface area contributed by atoms with E-state index < -0.39 is 53.0 Å². The summed E-state index contributed by atoms with van der Waals surface area (Å²) in [5.74, 6) is -24.4. The highest BCUT2D eigenvalue weighted by Crippen LogP contribution is 2.54. The molecule has 4 nitrogen and oxygen atoms in total. The van der Waals surface area contributed by atoms with E-state index in [1.54, 1.807) is 0 Å². The van der Waals surface area contributed by atoms with Crippen molar-refractivity contribution < 1.29 is 63.4 Å². The van der Waals surface area contributed by atoms with Gasteiger partial charge < -0.3 is 0 Å². The maximum Gasteiger partial charge on any atom is 0.490 e. The molecule has 1 unspecified atom stereocenters. The second kappa shape index (κ2) is 6.58. The molecule has 0 aliphatic rings. The van der Waals surface area contributed by atoms with Crippen LogP contribution in [0.25, 0.3) is 0 Å². The van der Waals surface area contributed by atoms with E-state index in [0.29, 0.717) is 0 Å². The molecule has 1 N–H and O–H groups in total. The molecule has 0 bridgehead atoms. The minimum atomic E-state index is -6.81. The number of hydrogen-bond donors (Lipinski definition) is 1. The Bertz CT molecular complexity index is 500. The smallest absolute Gasteiger partial charge is 0.279 e. The lowest BCUT2D eigenvalue weighted by Crippen LogP contribution is -2.66. The Labute approximate surface area is 125 Å². The third-order valence-electron chi connectivity index (χ3n) is 2.08. The standard InChI is InChI=1S/C7H7F9O4S.CH4.FH.H2/c1-3(8,9)5(12,13)6(14,4(2,10)11)20-7(15,16)21(17,18)19;;;/h1-2H3,(H,17,18,19);1H4;2*1H/i;;;1+1. The molecule has 0 rings (SSSR count). The molecule has 0 saturated heterocycles. The zero-order valence-electron chi connectivity index (χ0n) is 10.4. The highest BCUT2D eigenvalue weighted by atomic mass is 32.2. The molecule has 15 heteroatoms. The molecule has 1 atom stereocenters. The average Bonchev–Trinajstić information content (AvgIpc) is 2.10. The van der Waals surface area contributed by atoms with E-state index in [0.717, 1.165) is 0 Å². The Morgan fingerprint density at radius 3 is 1.35 bits per heavy atom. The Balaban J connectivity index is -0.000000667. The third-order valence-corrected chi connectivity index (χ3v) is 2.76. The molecule has 0 aromatic carbocycles. The van der Waals surface area contributed by atoms with Crippen molar-refractivity contribution in [3.63, 3.8) is 0 Å². The molecule has 0 aromatic rings. The van der Waals surface area contributed by atoms with Crippen LogP contribution in [0.15, 0.2) is 0 Å². The topological polar surface area (TPSA) is 63.6 Å². The molecule has 0 saturated carbocycles. The van der Waals surface area contributed by atoms with Crippen molar-refractivity contribution in [1.29, 1.82) is 0 Å². The first-order valence-electron chi connectivity index (χ1n) is 4.58. The summed E-state index contributed by atoms with van der Waals surface area (Å²) < 4.78 is 146. The molecule has 0 aromatic heterocycles. The zero-order valence-corrected chi connectivity index (χ0v) is 11.2. The van der Waals surface area contributed by atoms with Crippen molar-refractivity contribution >= 4 is 10.1 Å². The number of hydrogen-bond acceptors (Lipinski definition) is 3. The van der Waals surface area contributed by atoms with E-state index >= 15 is 0 Å². The van der Waals surface area contributed by atoms with Crippen LogP contribution in [0.3, 0.4) is 0 Å². The summed E-state index contributed by atoms with van der Waals surface area (Å²) in [5.41, 5.74) is -6.34. The van der Waals surface area contributed by atoms with Gasteiger partial charge in [0.25, 0.3) is 0 Å². The summed E-state index contributed by atoms with van der Waals surface area (Å²) >= 11 is 0.